The standard InChI is InChI=1S/C14H18N4O2S/c15-7-10-17-21(19,20)18-14-3-1-12(2-4-14)11-13-5-8-16-9-6-13/h1-6,8-9,17-18H,7,10-11,15H2. The summed E-state index contributed by atoms with van der Waals surface area (Å²) in [5.74, 6) is 0. The Labute approximate surface area is 124 Å². The van der Waals surface area contributed by atoms with Crippen LogP contribution in [0, 0.1) is 0 Å². The maximum Gasteiger partial charge on any atom is 0.299 e. The van der Waals surface area contributed by atoms with Gasteiger partial charge < -0.3 is 5.73 Å². The fourth-order valence-electron chi connectivity index (χ4n) is 1.81. The summed E-state index contributed by atoms with van der Waals surface area (Å²) in [7, 11) is -3.56. The molecule has 2 aromatic rings. The number of nitrogens with zero attached hydrogens (tertiary/aromatic N) is 1. The molecule has 1 aromatic heterocycles. The van der Waals surface area contributed by atoms with Crippen molar-refractivity contribution >= 4 is 15.9 Å². The van der Waals surface area contributed by atoms with E-state index in [4.69, 9.17) is 5.73 Å². The largest absolute Gasteiger partial charge is 0.329 e. The molecule has 0 amide bonds. The van der Waals surface area contributed by atoms with Crippen molar-refractivity contribution in [2.75, 3.05) is 17.8 Å². The number of rotatable bonds is 7. The fourth-order valence-corrected chi connectivity index (χ4v) is 2.72. The summed E-state index contributed by atoms with van der Waals surface area (Å²) in [6.07, 6.45) is 4.28. The van der Waals surface area contributed by atoms with Gasteiger partial charge in [-0.3, -0.25) is 9.71 Å². The highest BCUT2D eigenvalue weighted by Gasteiger charge is 2.08. The first kappa shape index (κ1) is 15.4. The second-order valence-corrected chi connectivity index (χ2v) is 6.02. The van der Waals surface area contributed by atoms with Gasteiger partial charge in [-0.05, 0) is 41.8 Å². The molecule has 6 nitrogen and oxygen atoms in total. The van der Waals surface area contributed by atoms with Crippen LogP contribution >= 0.6 is 0 Å². The summed E-state index contributed by atoms with van der Waals surface area (Å²) < 4.78 is 28.1. The van der Waals surface area contributed by atoms with Gasteiger partial charge in [0.2, 0.25) is 0 Å². The highest BCUT2D eigenvalue weighted by Crippen LogP contribution is 2.14. The van der Waals surface area contributed by atoms with Crippen LogP contribution in [-0.4, -0.2) is 26.5 Å². The lowest BCUT2D eigenvalue weighted by atomic mass is 10.1. The molecular formula is C14H18N4O2S. The number of nitrogens with two attached hydrogens (primary N) is 1. The van der Waals surface area contributed by atoms with E-state index in [9.17, 15) is 8.42 Å². The number of aromatic nitrogens is 1. The lowest BCUT2D eigenvalue weighted by Crippen LogP contribution is -2.33. The zero-order valence-electron chi connectivity index (χ0n) is 11.5. The van der Waals surface area contributed by atoms with Crippen molar-refractivity contribution in [3.05, 3.63) is 59.9 Å². The first-order valence-corrected chi connectivity index (χ1v) is 8.03. The Morgan fingerprint density at radius 2 is 1.62 bits per heavy atom. The molecule has 0 atom stereocenters. The summed E-state index contributed by atoms with van der Waals surface area (Å²) in [4.78, 5) is 3.97. The van der Waals surface area contributed by atoms with E-state index >= 15 is 0 Å². The van der Waals surface area contributed by atoms with Gasteiger partial charge in [0.05, 0.1) is 0 Å². The highest BCUT2D eigenvalue weighted by atomic mass is 32.2. The molecule has 0 bridgehead atoms. The molecule has 0 fully saturated rings. The Balaban J connectivity index is 1.99. The van der Waals surface area contributed by atoms with Crippen molar-refractivity contribution in [1.29, 1.82) is 0 Å². The van der Waals surface area contributed by atoms with Gasteiger partial charge in [0.1, 0.15) is 0 Å². The summed E-state index contributed by atoms with van der Waals surface area (Å²) in [6.45, 7) is 0.460. The highest BCUT2D eigenvalue weighted by molar-refractivity contribution is 7.90. The quantitative estimate of drug-likeness (QED) is 0.707. The van der Waals surface area contributed by atoms with Crippen molar-refractivity contribution in [2.45, 2.75) is 6.42 Å². The third-order valence-corrected chi connectivity index (χ3v) is 3.89. The summed E-state index contributed by atoms with van der Waals surface area (Å²) in [5, 5.41) is 0. The van der Waals surface area contributed by atoms with Crippen molar-refractivity contribution in [3.8, 4) is 0 Å². The van der Waals surface area contributed by atoms with E-state index in [1.54, 1.807) is 24.5 Å². The topological polar surface area (TPSA) is 97.1 Å². The van der Waals surface area contributed by atoms with Gasteiger partial charge in [-0.1, -0.05) is 12.1 Å². The summed E-state index contributed by atoms with van der Waals surface area (Å²) in [6, 6.07) is 11.2. The van der Waals surface area contributed by atoms with E-state index in [-0.39, 0.29) is 13.1 Å². The number of hydrogen-bond donors (Lipinski definition) is 3. The molecule has 0 saturated heterocycles. The van der Waals surface area contributed by atoms with Crippen molar-refractivity contribution in [2.24, 2.45) is 5.73 Å². The smallest absolute Gasteiger partial charge is 0.299 e. The zero-order chi connectivity index (χ0) is 15.1. The van der Waals surface area contributed by atoms with E-state index in [2.05, 4.69) is 14.4 Å². The van der Waals surface area contributed by atoms with Gasteiger partial charge in [-0.15, -0.1) is 0 Å². The predicted octanol–water partition coefficient (Wildman–Crippen LogP) is 0.877. The van der Waals surface area contributed by atoms with E-state index in [1.807, 2.05) is 24.3 Å². The van der Waals surface area contributed by atoms with Crippen molar-refractivity contribution in [1.82, 2.24) is 9.71 Å². The number of pyridine rings is 1. The van der Waals surface area contributed by atoms with Crippen LogP contribution in [-0.2, 0) is 16.6 Å². The number of hydrogen-bond acceptors (Lipinski definition) is 4. The second kappa shape index (κ2) is 7.16. The molecular weight excluding hydrogens is 288 g/mol. The normalized spacial score (nSPS) is 11.3. The van der Waals surface area contributed by atoms with Crippen LogP contribution in [0.5, 0.6) is 0 Å². The van der Waals surface area contributed by atoms with E-state index in [1.165, 1.54) is 0 Å². The molecule has 4 N–H and O–H groups in total. The van der Waals surface area contributed by atoms with Gasteiger partial charge in [0, 0.05) is 31.2 Å². The molecule has 0 aliphatic rings. The maximum atomic E-state index is 11.7. The first-order chi connectivity index (χ1) is 10.1. The molecule has 0 aliphatic carbocycles. The molecule has 0 unspecified atom stereocenters. The summed E-state index contributed by atoms with van der Waals surface area (Å²) in [5.41, 5.74) is 8.03. The molecule has 7 heteroatoms. The van der Waals surface area contributed by atoms with Crippen molar-refractivity contribution in [3.63, 3.8) is 0 Å². The average molecular weight is 306 g/mol. The van der Waals surface area contributed by atoms with Gasteiger partial charge in [0.25, 0.3) is 10.2 Å². The Hall–Kier alpha value is -1.96. The molecule has 0 aliphatic heterocycles. The fraction of sp³-hybridized carbons (Fsp3) is 0.214. The molecule has 21 heavy (non-hydrogen) atoms. The van der Waals surface area contributed by atoms with Gasteiger partial charge >= 0.3 is 0 Å². The third-order valence-electron chi connectivity index (χ3n) is 2.80. The average Bonchev–Trinajstić information content (AvgIpc) is 2.48. The molecule has 1 heterocycles. The van der Waals surface area contributed by atoms with Crippen LogP contribution < -0.4 is 15.2 Å². The lowest BCUT2D eigenvalue weighted by molar-refractivity contribution is 0.587. The van der Waals surface area contributed by atoms with Crippen LogP contribution in [0.3, 0.4) is 0 Å². The first-order valence-electron chi connectivity index (χ1n) is 6.54. The van der Waals surface area contributed by atoms with E-state index in [0.717, 1.165) is 17.5 Å². The Kier molecular flexibility index (Phi) is 5.26. The number of anilines is 1. The van der Waals surface area contributed by atoms with Crippen LogP contribution in [0.15, 0.2) is 48.8 Å². The molecule has 112 valence electrons. The SMILES string of the molecule is NCCNS(=O)(=O)Nc1ccc(Cc2ccncc2)cc1. The molecule has 1 aromatic carbocycles. The predicted molar refractivity (Wildman–Crippen MR) is 83.1 cm³/mol. The van der Waals surface area contributed by atoms with Crippen LogP contribution in [0.25, 0.3) is 0 Å². The maximum absolute atomic E-state index is 11.7. The Morgan fingerprint density at radius 3 is 2.24 bits per heavy atom. The third kappa shape index (κ3) is 5.14. The van der Waals surface area contributed by atoms with Crippen molar-refractivity contribution < 1.29 is 8.42 Å². The minimum absolute atomic E-state index is 0.204. The number of benzene rings is 1. The minimum atomic E-state index is -3.56. The molecule has 2 rings (SSSR count). The van der Waals surface area contributed by atoms with Crippen LogP contribution in [0.4, 0.5) is 5.69 Å². The lowest BCUT2D eigenvalue weighted by Gasteiger charge is -2.09. The second-order valence-electron chi connectivity index (χ2n) is 4.52. The molecule has 0 spiro atoms. The minimum Gasteiger partial charge on any atom is -0.329 e. The van der Waals surface area contributed by atoms with E-state index < -0.39 is 10.2 Å². The van der Waals surface area contributed by atoms with Gasteiger partial charge in [0.15, 0.2) is 0 Å². The molecule has 0 saturated carbocycles. The van der Waals surface area contributed by atoms with Gasteiger partial charge in [-0.25, -0.2) is 0 Å². The van der Waals surface area contributed by atoms with Crippen LogP contribution in [0.1, 0.15) is 11.1 Å². The van der Waals surface area contributed by atoms with E-state index in [0.29, 0.717) is 5.69 Å². The van der Waals surface area contributed by atoms with Gasteiger partial charge in [-0.2, -0.15) is 13.1 Å². The Bertz CT molecular complexity index is 657. The van der Waals surface area contributed by atoms with Crippen LogP contribution in [0.2, 0.25) is 0 Å². The summed E-state index contributed by atoms with van der Waals surface area (Å²) >= 11 is 0. The zero-order valence-corrected chi connectivity index (χ0v) is 12.3. The monoisotopic (exact) mass is 306 g/mol. The number of nitrogens with one attached hydrogen (secondary N) is 2. The Morgan fingerprint density at radius 1 is 1.00 bits per heavy atom. The molecule has 0 radical (unpaired) electrons.